The summed E-state index contributed by atoms with van der Waals surface area (Å²) >= 11 is 0. The van der Waals surface area contributed by atoms with Crippen LogP contribution in [0.5, 0.6) is 11.5 Å². The van der Waals surface area contributed by atoms with Crippen LogP contribution in [0.15, 0.2) is 73.3 Å². The van der Waals surface area contributed by atoms with Crippen LogP contribution >= 0.6 is 0 Å². The fourth-order valence-corrected chi connectivity index (χ4v) is 3.70. The third-order valence-corrected chi connectivity index (χ3v) is 5.74. The van der Waals surface area contributed by atoms with Crippen LogP contribution < -0.4 is 9.47 Å². The fraction of sp³-hybridized carbons (Fsp3) is 0.276. The van der Waals surface area contributed by atoms with Crippen LogP contribution in [0.4, 0.5) is 0 Å². The molecule has 2 aromatic heterocycles. The topological polar surface area (TPSA) is 96.1 Å². The Morgan fingerprint density at radius 2 is 1.27 bits per heavy atom. The first-order chi connectivity index (χ1) is 17.7. The Bertz CT molecular complexity index is 1280. The van der Waals surface area contributed by atoms with E-state index in [1.165, 1.54) is 0 Å². The molecule has 0 aliphatic rings. The minimum atomic E-state index is -0.587. The molecule has 0 amide bonds. The van der Waals surface area contributed by atoms with Gasteiger partial charge in [-0.1, -0.05) is 24.3 Å². The van der Waals surface area contributed by atoms with Crippen molar-refractivity contribution in [2.45, 2.75) is 20.8 Å². The second kappa shape index (κ2) is 11.3. The second-order valence-electron chi connectivity index (χ2n) is 10.1. The van der Waals surface area contributed by atoms with Crippen LogP contribution in [-0.2, 0) is 4.79 Å². The molecule has 0 fully saturated rings. The summed E-state index contributed by atoms with van der Waals surface area (Å²) in [6, 6.07) is 15.6. The molecule has 37 heavy (non-hydrogen) atoms. The highest BCUT2D eigenvalue weighted by molar-refractivity contribution is 6.04. The van der Waals surface area contributed by atoms with E-state index in [0.29, 0.717) is 12.4 Å². The van der Waals surface area contributed by atoms with Crippen molar-refractivity contribution >= 4 is 17.1 Å². The summed E-state index contributed by atoms with van der Waals surface area (Å²) < 4.78 is 11.5. The Hall–Kier alpha value is -4.17. The number of carbonyl (C=O) groups is 1. The van der Waals surface area contributed by atoms with Crippen LogP contribution in [0.25, 0.3) is 11.1 Å². The van der Waals surface area contributed by atoms with Crippen LogP contribution in [0, 0.1) is 5.41 Å². The molecule has 0 bridgehead atoms. The lowest BCUT2D eigenvalue weighted by atomic mass is 9.88. The molecule has 2 aromatic carbocycles. The monoisotopic (exact) mass is 499 g/mol. The lowest BCUT2D eigenvalue weighted by Crippen LogP contribution is -2.25. The summed E-state index contributed by atoms with van der Waals surface area (Å²) in [7, 11) is 4.04. The summed E-state index contributed by atoms with van der Waals surface area (Å²) in [6.45, 7) is 6.95. The van der Waals surface area contributed by atoms with E-state index in [2.05, 4.69) is 25.3 Å². The number of benzene rings is 2. The van der Waals surface area contributed by atoms with Crippen molar-refractivity contribution in [2.75, 3.05) is 27.2 Å². The number of aromatic amines is 2. The Balaban J connectivity index is 1.77. The standard InChI is InChI=1S/C29H33N5O3/c1-29(2,3)28(35)37-25-12-8-21(9-13-25)26(20-6-10-24(11-7-20)36-15-14-34(4)5)27(22-16-30-31-17-22)23-18-32-33-19-23/h6-13,16-19H,14-15H2,1-5H3,(H,30,31)(H,32,33). The zero-order valence-corrected chi connectivity index (χ0v) is 21.9. The lowest BCUT2D eigenvalue weighted by Gasteiger charge is -2.18. The molecule has 4 aromatic rings. The van der Waals surface area contributed by atoms with Crippen molar-refractivity contribution in [3.8, 4) is 11.5 Å². The van der Waals surface area contributed by atoms with Crippen molar-refractivity contribution in [2.24, 2.45) is 5.41 Å². The molecule has 0 spiro atoms. The summed E-state index contributed by atoms with van der Waals surface area (Å²) in [5, 5.41) is 14.2. The normalized spacial score (nSPS) is 11.4. The SMILES string of the molecule is CN(C)CCOc1ccc(C(=C(c2cn[nH]c2)c2cn[nH]c2)c2ccc(OC(=O)C(C)(C)C)cc2)cc1. The van der Waals surface area contributed by atoms with Crippen molar-refractivity contribution in [3.63, 3.8) is 0 Å². The Labute approximate surface area is 217 Å². The van der Waals surface area contributed by atoms with Gasteiger partial charge in [-0.25, -0.2) is 0 Å². The maximum Gasteiger partial charge on any atom is 0.316 e. The van der Waals surface area contributed by atoms with Crippen molar-refractivity contribution in [1.82, 2.24) is 25.3 Å². The smallest absolute Gasteiger partial charge is 0.316 e. The Morgan fingerprint density at radius 1 is 0.784 bits per heavy atom. The first-order valence-electron chi connectivity index (χ1n) is 12.2. The van der Waals surface area contributed by atoms with Gasteiger partial charge >= 0.3 is 5.97 Å². The van der Waals surface area contributed by atoms with Gasteiger partial charge in [-0.3, -0.25) is 15.0 Å². The molecule has 4 rings (SSSR count). The molecule has 0 unspecified atom stereocenters. The van der Waals surface area contributed by atoms with E-state index in [1.54, 1.807) is 12.4 Å². The van der Waals surface area contributed by atoms with Crippen LogP contribution in [0.1, 0.15) is 43.0 Å². The van der Waals surface area contributed by atoms with Gasteiger partial charge in [0.15, 0.2) is 0 Å². The van der Waals surface area contributed by atoms with Gasteiger partial charge in [0.1, 0.15) is 18.1 Å². The largest absolute Gasteiger partial charge is 0.492 e. The highest BCUT2D eigenvalue weighted by Crippen LogP contribution is 2.37. The maximum absolute atomic E-state index is 12.4. The summed E-state index contributed by atoms with van der Waals surface area (Å²) in [4.78, 5) is 14.5. The molecule has 8 nitrogen and oxygen atoms in total. The van der Waals surface area contributed by atoms with Gasteiger partial charge in [-0.2, -0.15) is 10.2 Å². The molecule has 192 valence electrons. The van der Waals surface area contributed by atoms with Gasteiger partial charge in [0.2, 0.25) is 0 Å². The number of carbonyl (C=O) groups excluding carboxylic acids is 1. The molecule has 0 saturated carbocycles. The third kappa shape index (κ3) is 6.54. The van der Waals surface area contributed by atoms with Gasteiger partial charge in [0.25, 0.3) is 0 Å². The van der Waals surface area contributed by atoms with Gasteiger partial charge in [-0.05, 0) is 75.8 Å². The molecule has 0 saturated heterocycles. The maximum atomic E-state index is 12.4. The Kier molecular flexibility index (Phi) is 7.89. The summed E-state index contributed by atoms with van der Waals surface area (Å²) in [5.41, 5.74) is 5.15. The zero-order chi connectivity index (χ0) is 26.4. The number of H-pyrrole nitrogens is 2. The number of rotatable bonds is 9. The third-order valence-electron chi connectivity index (χ3n) is 5.74. The highest BCUT2D eigenvalue weighted by Gasteiger charge is 2.24. The average molecular weight is 500 g/mol. The minimum absolute atomic E-state index is 0.279. The number of hydrogen-bond donors (Lipinski definition) is 2. The highest BCUT2D eigenvalue weighted by atomic mass is 16.5. The van der Waals surface area contributed by atoms with E-state index < -0.39 is 5.41 Å². The number of nitrogens with one attached hydrogen (secondary N) is 2. The quantitative estimate of drug-likeness (QED) is 0.248. The number of esters is 1. The molecular formula is C29H33N5O3. The Morgan fingerprint density at radius 3 is 1.70 bits per heavy atom. The molecule has 0 aliphatic heterocycles. The van der Waals surface area contributed by atoms with E-state index in [9.17, 15) is 4.79 Å². The summed E-state index contributed by atoms with van der Waals surface area (Å²) in [5.74, 6) is 1.03. The van der Waals surface area contributed by atoms with E-state index in [4.69, 9.17) is 9.47 Å². The number of ether oxygens (including phenoxy) is 2. The van der Waals surface area contributed by atoms with Gasteiger partial charge < -0.3 is 14.4 Å². The lowest BCUT2D eigenvalue weighted by molar-refractivity contribution is -0.142. The predicted octanol–water partition coefficient (Wildman–Crippen LogP) is 5.03. The van der Waals surface area contributed by atoms with Crippen molar-refractivity contribution in [3.05, 3.63) is 95.6 Å². The molecule has 0 aliphatic carbocycles. The van der Waals surface area contributed by atoms with Gasteiger partial charge in [0, 0.05) is 35.6 Å². The van der Waals surface area contributed by atoms with Crippen LogP contribution in [0.2, 0.25) is 0 Å². The molecule has 0 atom stereocenters. The second-order valence-corrected chi connectivity index (χ2v) is 10.1. The fourth-order valence-electron chi connectivity index (χ4n) is 3.70. The van der Waals surface area contributed by atoms with Crippen LogP contribution in [0.3, 0.4) is 0 Å². The van der Waals surface area contributed by atoms with E-state index >= 15 is 0 Å². The van der Waals surface area contributed by atoms with E-state index in [1.807, 2.05) is 95.8 Å². The minimum Gasteiger partial charge on any atom is -0.492 e. The number of hydrogen-bond acceptors (Lipinski definition) is 6. The van der Waals surface area contributed by atoms with E-state index in [-0.39, 0.29) is 5.97 Å². The molecule has 8 heteroatoms. The first kappa shape index (κ1) is 25.9. The van der Waals surface area contributed by atoms with Gasteiger partial charge in [0.05, 0.1) is 17.8 Å². The number of aromatic nitrogens is 4. The average Bonchev–Trinajstić information content (AvgIpc) is 3.58. The zero-order valence-electron chi connectivity index (χ0n) is 21.9. The van der Waals surface area contributed by atoms with Crippen molar-refractivity contribution < 1.29 is 14.3 Å². The number of likely N-dealkylation sites (N-methyl/N-ethyl adjacent to an activating group) is 1. The molecule has 2 heterocycles. The van der Waals surface area contributed by atoms with Gasteiger partial charge in [-0.15, -0.1) is 0 Å². The predicted molar refractivity (Wildman–Crippen MR) is 144 cm³/mol. The van der Waals surface area contributed by atoms with E-state index in [0.717, 1.165) is 45.7 Å². The molecular weight excluding hydrogens is 466 g/mol. The molecule has 0 radical (unpaired) electrons. The first-order valence-corrected chi connectivity index (χ1v) is 12.2. The van der Waals surface area contributed by atoms with Crippen molar-refractivity contribution in [1.29, 1.82) is 0 Å². The summed E-state index contributed by atoms with van der Waals surface area (Å²) in [6.07, 6.45) is 7.31. The van der Waals surface area contributed by atoms with Crippen LogP contribution in [-0.4, -0.2) is 58.5 Å². The number of nitrogens with zero attached hydrogens (tertiary/aromatic N) is 3. The molecule has 2 N–H and O–H groups in total.